The zero-order chi connectivity index (χ0) is 34.4. The van der Waals surface area contributed by atoms with Gasteiger partial charge in [0, 0.05) is 27.8 Å². The molecule has 0 bridgehead atoms. The summed E-state index contributed by atoms with van der Waals surface area (Å²) in [7, 11) is 0. The third-order valence-corrected chi connectivity index (χ3v) is 10.2. The number of fused-ring (bicyclic) bond motifs is 6. The minimum atomic E-state index is 0.923. The monoisotopic (exact) mass is 663 g/mol. The Balaban J connectivity index is 1.05. The summed E-state index contributed by atoms with van der Waals surface area (Å²) in [5.41, 5.74) is 12.4. The Morgan fingerprint density at radius 3 is 1.62 bits per heavy atom. The molecule has 0 fully saturated rings. The second kappa shape index (κ2) is 12.5. The largest absolute Gasteiger partial charge is 0.456 e. The topological polar surface area (TPSA) is 16.4 Å². The molecule has 0 amide bonds. The van der Waals surface area contributed by atoms with Gasteiger partial charge in [0.1, 0.15) is 11.2 Å². The predicted octanol–water partition coefficient (Wildman–Crippen LogP) is 14.4. The first kappa shape index (κ1) is 30.0. The van der Waals surface area contributed by atoms with Crippen LogP contribution in [0.4, 0.5) is 17.1 Å². The molecule has 0 radical (unpaired) electrons. The Labute approximate surface area is 302 Å². The second-order valence-electron chi connectivity index (χ2n) is 13.4. The minimum Gasteiger partial charge on any atom is -0.456 e. The van der Waals surface area contributed by atoms with E-state index >= 15 is 0 Å². The Kier molecular flexibility index (Phi) is 7.18. The van der Waals surface area contributed by atoms with Crippen molar-refractivity contribution in [3.05, 3.63) is 200 Å². The van der Waals surface area contributed by atoms with Gasteiger partial charge in [0.2, 0.25) is 0 Å². The first-order valence-corrected chi connectivity index (χ1v) is 17.7. The molecule has 10 aromatic rings. The van der Waals surface area contributed by atoms with Gasteiger partial charge < -0.3 is 9.32 Å². The normalized spacial score (nSPS) is 11.5. The Bertz CT molecular complexity index is 2890. The van der Waals surface area contributed by atoms with Gasteiger partial charge in [-0.05, 0) is 116 Å². The van der Waals surface area contributed by atoms with Crippen LogP contribution in [-0.4, -0.2) is 0 Å². The van der Waals surface area contributed by atoms with Gasteiger partial charge in [0.05, 0.1) is 0 Å². The van der Waals surface area contributed by atoms with Crippen LogP contribution in [0, 0.1) is 0 Å². The van der Waals surface area contributed by atoms with Gasteiger partial charge in [-0.25, -0.2) is 0 Å². The third kappa shape index (κ3) is 5.30. The lowest BCUT2D eigenvalue weighted by Crippen LogP contribution is -2.10. The molecule has 1 aromatic heterocycles. The lowest BCUT2D eigenvalue weighted by Gasteiger charge is -2.26. The molecular formula is C50H33NO. The van der Waals surface area contributed by atoms with Gasteiger partial charge in [0.25, 0.3) is 0 Å². The van der Waals surface area contributed by atoms with Crippen LogP contribution in [0.3, 0.4) is 0 Å². The van der Waals surface area contributed by atoms with E-state index in [0.717, 1.165) is 33.6 Å². The van der Waals surface area contributed by atoms with Crippen molar-refractivity contribution in [3.63, 3.8) is 0 Å². The lowest BCUT2D eigenvalue weighted by atomic mass is 9.98. The molecule has 0 atom stereocenters. The third-order valence-electron chi connectivity index (χ3n) is 10.2. The molecule has 52 heavy (non-hydrogen) atoms. The van der Waals surface area contributed by atoms with Crippen molar-refractivity contribution >= 4 is 60.5 Å². The van der Waals surface area contributed by atoms with Gasteiger partial charge in [0.15, 0.2) is 0 Å². The van der Waals surface area contributed by atoms with E-state index in [1.807, 2.05) is 12.1 Å². The molecule has 0 aliphatic heterocycles. The van der Waals surface area contributed by atoms with Crippen LogP contribution in [0.5, 0.6) is 0 Å². The van der Waals surface area contributed by atoms with Gasteiger partial charge in [-0.2, -0.15) is 0 Å². The molecule has 0 N–H and O–H groups in total. The summed E-state index contributed by atoms with van der Waals surface area (Å²) in [6.07, 6.45) is 0. The highest BCUT2D eigenvalue weighted by Gasteiger charge is 2.16. The zero-order valence-corrected chi connectivity index (χ0v) is 28.4. The van der Waals surface area contributed by atoms with Crippen molar-refractivity contribution < 1.29 is 4.42 Å². The fourth-order valence-corrected chi connectivity index (χ4v) is 7.62. The smallest absolute Gasteiger partial charge is 0.136 e. The van der Waals surface area contributed by atoms with E-state index in [9.17, 15) is 0 Å². The quantitative estimate of drug-likeness (QED) is 0.176. The predicted molar refractivity (Wildman–Crippen MR) is 220 cm³/mol. The molecule has 2 nitrogen and oxygen atoms in total. The highest BCUT2D eigenvalue weighted by molar-refractivity contribution is 6.19. The molecule has 0 spiro atoms. The van der Waals surface area contributed by atoms with E-state index in [-0.39, 0.29) is 0 Å². The standard InChI is InChI=1S/C50H33NO/c1-3-10-34(11-4-1)37-14-9-15-44(32-37)51(45-27-22-40-30-38(18-19-41(40)33-45)35-12-5-2-6-13-35)43-25-20-36(21-26-43)39-23-28-46-42(31-39)24-29-49-50(46)47-16-7-8-17-48(47)52-49/h1-33H. The van der Waals surface area contributed by atoms with Crippen molar-refractivity contribution in [1.29, 1.82) is 0 Å². The van der Waals surface area contributed by atoms with Crippen LogP contribution in [0.2, 0.25) is 0 Å². The number of benzene rings is 9. The SMILES string of the molecule is c1ccc(-c2cccc(N(c3ccc(-c4ccc5c(ccc6oc7ccccc7c65)c4)cc3)c3ccc4cc(-c5ccccc5)ccc4c3)c2)cc1. The number of para-hydroxylation sites is 1. The molecular weight excluding hydrogens is 631 g/mol. The highest BCUT2D eigenvalue weighted by atomic mass is 16.3. The van der Waals surface area contributed by atoms with Crippen LogP contribution in [0.25, 0.3) is 76.9 Å². The summed E-state index contributed by atoms with van der Waals surface area (Å²) in [5, 5.41) is 7.16. The van der Waals surface area contributed by atoms with Crippen molar-refractivity contribution in [1.82, 2.24) is 0 Å². The second-order valence-corrected chi connectivity index (χ2v) is 13.4. The molecule has 0 saturated heterocycles. The summed E-state index contributed by atoms with van der Waals surface area (Å²) in [5.74, 6) is 0. The van der Waals surface area contributed by atoms with E-state index in [4.69, 9.17) is 4.42 Å². The van der Waals surface area contributed by atoms with Crippen molar-refractivity contribution in [2.24, 2.45) is 0 Å². The first-order chi connectivity index (χ1) is 25.7. The van der Waals surface area contributed by atoms with Crippen LogP contribution in [-0.2, 0) is 0 Å². The number of furan rings is 1. The highest BCUT2D eigenvalue weighted by Crippen LogP contribution is 2.40. The molecule has 2 heteroatoms. The maximum absolute atomic E-state index is 6.16. The number of anilines is 3. The number of hydrogen-bond donors (Lipinski definition) is 0. The summed E-state index contributed by atoms with van der Waals surface area (Å²) in [4.78, 5) is 2.36. The van der Waals surface area contributed by atoms with E-state index in [1.165, 1.54) is 60.3 Å². The Hall–Kier alpha value is -6.90. The maximum atomic E-state index is 6.16. The van der Waals surface area contributed by atoms with E-state index in [0.29, 0.717) is 0 Å². The molecule has 0 aliphatic rings. The average molecular weight is 664 g/mol. The Morgan fingerprint density at radius 1 is 0.288 bits per heavy atom. The molecule has 10 rings (SSSR count). The lowest BCUT2D eigenvalue weighted by molar-refractivity contribution is 0.669. The Morgan fingerprint density at radius 2 is 0.827 bits per heavy atom. The molecule has 244 valence electrons. The van der Waals surface area contributed by atoms with Crippen LogP contribution in [0.15, 0.2) is 205 Å². The summed E-state index contributed by atoms with van der Waals surface area (Å²) >= 11 is 0. The summed E-state index contributed by atoms with van der Waals surface area (Å²) < 4.78 is 6.16. The molecule has 0 saturated carbocycles. The van der Waals surface area contributed by atoms with Gasteiger partial charge in [-0.1, -0.05) is 140 Å². The average Bonchev–Trinajstić information content (AvgIpc) is 3.61. The van der Waals surface area contributed by atoms with E-state index < -0.39 is 0 Å². The van der Waals surface area contributed by atoms with Gasteiger partial charge in [-0.3, -0.25) is 0 Å². The first-order valence-electron chi connectivity index (χ1n) is 17.7. The van der Waals surface area contributed by atoms with Crippen LogP contribution >= 0.6 is 0 Å². The zero-order valence-electron chi connectivity index (χ0n) is 28.4. The fourth-order valence-electron chi connectivity index (χ4n) is 7.62. The number of nitrogens with zero attached hydrogens (tertiary/aromatic N) is 1. The van der Waals surface area contributed by atoms with E-state index in [2.05, 4.69) is 193 Å². The van der Waals surface area contributed by atoms with E-state index in [1.54, 1.807) is 0 Å². The van der Waals surface area contributed by atoms with Crippen LogP contribution in [0.1, 0.15) is 0 Å². The molecule has 0 aliphatic carbocycles. The van der Waals surface area contributed by atoms with Crippen molar-refractivity contribution in [2.45, 2.75) is 0 Å². The van der Waals surface area contributed by atoms with Crippen LogP contribution < -0.4 is 4.90 Å². The maximum Gasteiger partial charge on any atom is 0.136 e. The number of rotatable bonds is 6. The summed E-state index contributed by atoms with van der Waals surface area (Å²) in [6.45, 7) is 0. The van der Waals surface area contributed by atoms with Crippen molar-refractivity contribution in [3.8, 4) is 33.4 Å². The minimum absolute atomic E-state index is 0.923. The van der Waals surface area contributed by atoms with Crippen molar-refractivity contribution in [2.75, 3.05) is 4.90 Å². The summed E-state index contributed by atoms with van der Waals surface area (Å²) in [6, 6.07) is 71.8. The molecule has 0 unspecified atom stereocenters. The number of hydrogen-bond acceptors (Lipinski definition) is 2. The molecule has 1 heterocycles. The van der Waals surface area contributed by atoms with Gasteiger partial charge >= 0.3 is 0 Å². The molecule has 9 aromatic carbocycles. The van der Waals surface area contributed by atoms with Gasteiger partial charge in [-0.15, -0.1) is 0 Å². The fraction of sp³-hybridized carbons (Fsp3) is 0.